The quantitative estimate of drug-likeness (QED) is 0.464. The molecule has 15 heavy (non-hydrogen) atoms. The highest BCUT2D eigenvalue weighted by Crippen LogP contribution is 2.15. The molecule has 1 aromatic carbocycles. The highest BCUT2D eigenvalue weighted by Gasteiger charge is 2.02. The Morgan fingerprint density at radius 2 is 2.40 bits per heavy atom. The van der Waals surface area contributed by atoms with Crippen LogP contribution >= 0.6 is 0 Å². The maximum atomic E-state index is 8.20. The fraction of sp³-hybridized carbons (Fsp3) is 0.125. The van der Waals surface area contributed by atoms with Gasteiger partial charge in [-0.1, -0.05) is 23.3 Å². The van der Waals surface area contributed by atoms with Crippen LogP contribution in [0.2, 0.25) is 0 Å². The molecule has 0 bridgehead atoms. The second-order valence-corrected chi connectivity index (χ2v) is 2.82. The first-order chi connectivity index (χ1) is 7.40. The van der Waals surface area contributed by atoms with Crippen molar-refractivity contribution in [1.82, 2.24) is 20.6 Å². The SMILES string of the molecule is [N-]=[N+]=NCc1cccc(-c2nn[nH]n2)c1. The van der Waals surface area contributed by atoms with E-state index in [4.69, 9.17) is 5.53 Å². The Bertz CT molecular complexity index is 483. The van der Waals surface area contributed by atoms with Gasteiger partial charge in [0.15, 0.2) is 0 Å². The van der Waals surface area contributed by atoms with E-state index in [1.807, 2.05) is 24.3 Å². The molecule has 1 N–H and O–H groups in total. The summed E-state index contributed by atoms with van der Waals surface area (Å²) in [4.78, 5) is 2.70. The zero-order valence-corrected chi connectivity index (χ0v) is 7.70. The molecule has 2 aromatic rings. The molecule has 0 fully saturated rings. The predicted octanol–water partition coefficient (Wildman–Crippen LogP) is 1.68. The van der Waals surface area contributed by atoms with Crippen molar-refractivity contribution in [3.05, 3.63) is 40.3 Å². The molecule has 2 rings (SSSR count). The van der Waals surface area contributed by atoms with Gasteiger partial charge in [-0.2, -0.15) is 5.21 Å². The number of tetrazole rings is 1. The van der Waals surface area contributed by atoms with Gasteiger partial charge in [-0.15, -0.1) is 10.2 Å². The molecule has 7 nitrogen and oxygen atoms in total. The number of hydrogen-bond donors (Lipinski definition) is 1. The number of rotatable bonds is 3. The Balaban J connectivity index is 2.30. The fourth-order valence-corrected chi connectivity index (χ4v) is 1.21. The molecular formula is C8H7N7. The Morgan fingerprint density at radius 1 is 1.47 bits per heavy atom. The largest absolute Gasteiger partial charge is 0.204 e. The normalized spacial score (nSPS) is 9.60. The standard InChI is InChI=1S/C8H7N7/c9-13-10-5-6-2-1-3-7(4-6)8-11-14-15-12-8/h1-4H,5H2,(H,11,12,14,15). The molecule has 0 unspecified atom stereocenters. The lowest BCUT2D eigenvalue weighted by Crippen LogP contribution is -1.85. The van der Waals surface area contributed by atoms with E-state index in [1.54, 1.807) is 0 Å². The number of H-pyrrole nitrogens is 1. The van der Waals surface area contributed by atoms with Crippen LogP contribution in [0.3, 0.4) is 0 Å². The Morgan fingerprint density at radius 3 is 3.13 bits per heavy atom. The molecule has 7 heteroatoms. The van der Waals surface area contributed by atoms with Gasteiger partial charge >= 0.3 is 0 Å². The van der Waals surface area contributed by atoms with Gasteiger partial charge in [-0.3, -0.25) is 0 Å². The van der Waals surface area contributed by atoms with Crippen LogP contribution in [0.15, 0.2) is 29.4 Å². The van der Waals surface area contributed by atoms with E-state index in [1.165, 1.54) is 0 Å². The summed E-state index contributed by atoms with van der Waals surface area (Å²) in [7, 11) is 0. The summed E-state index contributed by atoms with van der Waals surface area (Å²) in [6.07, 6.45) is 0. The first-order valence-electron chi connectivity index (χ1n) is 4.24. The highest BCUT2D eigenvalue weighted by atomic mass is 15.5. The van der Waals surface area contributed by atoms with Crippen molar-refractivity contribution in [3.8, 4) is 11.4 Å². The van der Waals surface area contributed by atoms with Crippen LogP contribution in [-0.2, 0) is 6.54 Å². The van der Waals surface area contributed by atoms with Crippen molar-refractivity contribution in [2.24, 2.45) is 5.11 Å². The summed E-state index contributed by atoms with van der Waals surface area (Å²) in [5, 5.41) is 17.0. The van der Waals surface area contributed by atoms with E-state index in [0.717, 1.165) is 11.1 Å². The average Bonchev–Trinajstić information content (AvgIpc) is 2.80. The average molecular weight is 201 g/mol. The third kappa shape index (κ3) is 2.09. The Hall–Kier alpha value is -2.40. The minimum Gasteiger partial charge on any atom is -0.177 e. The molecular weight excluding hydrogens is 194 g/mol. The van der Waals surface area contributed by atoms with E-state index < -0.39 is 0 Å². The van der Waals surface area contributed by atoms with Gasteiger partial charge in [-0.05, 0) is 22.4 Å². The summed E-state index contributed by atoms with van der Waals surface area (Å²) >= 11 is 0. The van der Waals surface area contributed by atoms with E-state index in [-0.39, 0.29) is 0 Å². The number of hydrogen-bond acceptors (Lipinski definition) is 4. The van der Waals surface area contributed by atoms with Crippen molar-refractivity contribution in [1.29, 1.82) is 0 Å². The van der Waals surface area contributed by atoms with Crippen LogP contribution in [-0.4, -0.2) is 20.6 Å². The number of aromatic amines is 1. The molecule has 0 aliphatic heterocycles. The topological polar surface area (TPSA) is 103 Å². The molecule has 0 aliphatic rings. The third-order valence-corrected chi connectivity index (χ3v) is 1.85. The summed E-state index contributed by atoms with van der Waals surface area (Å²) in [6.45, 7) is 0.322. The maximum absolute atomic E-state index is 8.20. The molecule has 0 atom stereocenters. The molecule has 74 valence electrons. The summed E-state index contributed by atoms with van der Waals surface area (Å²) in [5.41, 5.74) is 9.95. The van der Waals surface area contributed by atoms with Gasteiger partial charge in [0.25, 0.3) is 0 Å². The first-order valence-corrected chi connectivity index (χ1v) is 4.24. The number of nitrogens with one attached hydrogen (secondary N) is 1. The molecule has 0 saturated carbocycles. The van der Waals surface area contributed by atoms with E-state index >= 15 is 0 Å². The van der Waals surface area contributed by atoms with Crippen LogP contribution in [0.5, 0.6) is 0 Å². The lowest BCUT2D eigenvalue weighted by Gasteiger charge is -1.97. The molecule has 1 heterocycles. The molecule has 0 saturated heterocycles. The zero-order chi connectivity index (χ0) is 10.5. The number of azide groups is 1. The van der Waals surface area contributed by atoms with Crippen molar-refractivity contribution >= 4 is 0 Å². The van der Waals surface area contributed by atoms with Gasteiger partial charge in [0.2, 0.25) is 5.82 Å². The second-order valence-electron chi connectivity index (χ2n) is 2.82. The van der Waals surface area contributed by atoms with Crippen LogP contribution in [0.25, 0.3) is 21.8 Å². The molecule has 0 aliphatic carbocycles. The van der Waals surface area contributed by atoms with E-state index in [2.05, 4.69) is 30.7 Å². The lowest BCUT2D eigenvalue weighted by molar-refractivity contribution is 0.881. The second kappa shape index (κ2) is 4.21. The van der Waals surface area contributed by atoms with E-state index in [9.17, 15) is 0 Å². The van der Waals surface area contributed by atoms with Gasteiger partial charge < -0.3 is 0 Å². The van der Waals surface area contributed by atoms with Crippen LogP contribution in [0.1, 0.15) is 5.56 Å². The van der Waals surface area contributed by atoms with Crippen molar-refractivity contribution in [2.75, 3.05) is 0 Å². The Kier molecular flexibility index (Phi) is 2.57. The van der Waals surface area contributed by atoms with Crippen molar-refractivity contribution in [3.63, 3.8) is 0 Å². The predicted molar refractivity (Wildman–Crippen MR) is 52.5 cm³/mol. The lowest BCUT2D eigenvalue weighted by atomic mass is 10.1. The van der Waals surface area contributed by atoms with Crippen LogP contribution < -0.4 is 0 Å². The highest BCUT2D eigenvalue weighted by molar-refractivity contribution is 5.54. The van der Waals surface area contributed by atoms with Crippen LogP contribution in [0.4, 0.5) is 0 Å². The number of nitrogens with zero attached hydrogens (tertiary/aromatic N) is 6. The minimum atomic E-state index is 0.322. The van der Waals surface area contributed by atoms with Gasteiger partial charge in [0.05, 0.1) is 6.54 Å². The van der Waals surface area contributed by atoms with Crippen molar-refractivity contribution in [2.45, 2.75) is 6.54 Å². The number of benzene rings is 1. The summed E-state index contributed by atoms with van der Waals surface area (Å²) < 4.78 is 0. The smallest absolute Gasteiger partial charge is 0.177 e. The fourth-order valence-electron chi connectivity index (χ4n) is 1.21. The monoisotopic (exact) mass is 201 g/mol. The zero-order valence-electron chi connectivity index (χ0n) is 7.70. The minimum absolute atomic E-state index is 0.322. The van der Waals surface area contributed by atoms with Gasteiger partial charge in [0, 0.05) is 10.5 Å². The van der Waals surface area contributed by atoms with E-state index in [0.29, 0.717) is 12.4 Å². The third-order valence-electron chi connectivity index (χ3n) is 1.85. The van der Waals surface area contributed by atoms with Gasteiger partial charge in [0.1, 0.15) is 0 Å². The molecule has 0 amide bonds. The summed E-state index contributed by atoms with van der Waals surface area (Å²) in [6, 6.07) is 7.45. The Labute approximate surface area is 84.8 Å². The maximum Gasteiger partial charge on any atom is 0.204 e. The number of aromatic nitrogens is 4. The van der Waals surface area contributed by atoms with Crippen molar-refractivity contribution < 1.29 is 0 Å². The van der Waals surface area contributed by atoms with Crippen LogP contribution in [0, 0.1) is 0 Å². The molecule has 1 aromatic heterocycles. The van der Waals surface area contributed by atoms with Gasteiger partial charge in [-0.25, -0.2) is 0 Å². The molecule has 0 radical (unpaired) electrons. The first kappa shape index (κ1) is 9.17. The summed E-state index contributed by atoms with van der Waals surface area (Å²) in [5.74, 6) is 0.526. The molecule has 0 spiro atoms.